The molecule has 1 fully saturated rings. The van der Waals surface area contributed by atoms with E-state index in [4.69, 9.17) is 0 Å². The fourth-order valence-corrected chi connectivity index (χ4v) is 5.27. The average molecular weight is 408 g/mol. The van der Waals surface area contributed by atoms with Crippen molar-refractivity contribution in [1.82, 2.24) is 0 Å². The van der Waals surface area contributed by atoms with E-state index < -0.39 is 11.8 Å². The summed E-state index contributed by atoms with van der Waals surface area (Å²) in [5.41, 5.74) is 4.92. The van der Waals surface area contributed by atoms with Crippen molar-refractivity contribution in [3.05, 3.63) is 113 Å². The number of anilines is 1. The Kier molecular flexibility index (Phi) is 4.82. The normalized spacial score (nSPS) is 25.0. The van der Waals surface area contributed by atoms with Crippen molar-refractivity contribution in [1.29, 1.82) is 0 Å². The van der Waals surface area contributed by atoms with E-state index in [1.54, 1.807) is 0 Å². The number of aryl methyl sites for hydroxylation is 2. The van der Waals surface area contributed by atoms with Crippen molar-refractivity contribution in [2.24, 2.45) is 11.8 Å². The summed E-state index contributed by atoms with van der Waals surface area (Å²) in [6.07, 6.45) is 4.26. The molecule has 0 saturated carbocycles. The molecule has 0 aromatic heterocycles. The lowest BCUT2D eigenvalue weighted by Gasteiger charge is -2.32. The van der Waals surface area contributed by atoms with E-state index in [1.807, 2.05) is 86.6 Å². The van der Waals surface area contributed by atoms with Crippen molar-refractivity contribution >= 4 is 17.5 Å². The molecule has 0 N–H and O–H groups in total. The van der Waals surface area contributed by atoms with Crippen molar-refractivity contribution in [3.8, 4) is 0 Å². The Labute approximate surface area is 183 Å². The van der Waals surface area contributed by atoms with Crippen LogP contribution in [0.1, 0.15) is 34.1 Å². The smallest absolute Gasteiger partial charge is 0.238 e. The van der Waals surface area contributed by atoms with E-state index in [0.29, 0.717) is 5.69 Å². The number of carbonyl (C=O) groups excluding carboxylic acids is 2. The maximum Gasteiger partial charge on any atom is 0.238 e. The number of amides is 2. The van der Waals surface area contributed by atoms with Crippen LogP contribution in [0.4, 0.5) is 5.69 Å². The van der Waals surface area contributed by atoms with E-state index >= 15 is 0 Å². The van der Waals surface area contributed by atoms with Crippen LogP contribution in [0, 0.1) is 25.7 Å². The lowest BCUT2D eigenvalue weighted by atomic mass is 9.68. The van der Waals surface area contributed by atoms with Crippen LogP contribution >= 0.6 is 0 Å². The van der Waals surface area contributed by atoms with Gasteiger partial charge in [0, 0.05) is 11.8 Å². The summed E-state index contributed by atoms with van der Waals surface area (Å²) in [6.45, 7) is 3.99. The first-order valence-corrected chi connectivity index (χ1v) is 10.8. The second-order valence-corrected chi connectivity index (χ2v) is 8.67. The van der Waals surface area contributed by atoms with E-state index in [1.165, 1.54) is 4.90 Å². The van der Waals surface area contributed by atoms with Crippen LogP contribution in [-0.4, -0.2) is 11.8 Å². The molecule has 0 spiro atoms. The summed E-state index contributed by atoms with van der Waals surface area (Å²) in [5.74, 6) is -1.24. The predicted octanol–water partition coefficient (Wildman–Crippen LogP) is 5.55. The Morgan fingerprint density at radius 1 is 0.613 bits per heavy atom. The maximum atomic E-state index is 13.8. The zero-order valence-electron chi connectivity index (χ0n) is 17.7. The molecule has 4 atom stereocenters. The van der Waals surface area contributed by atoms with Crippen LogP contribution in [-0.2, 0) is 9.59 Å². The molecule has 0 radical (unpaired) electrons. The van der Waals surface area contributed by atoms with Gasteiger partial charge in [0.1, 0.15) is 0 Å². The topological polar surface area (TPSA) is 37.4 Å². The summed E-state index contributed by atoms with van der Waals surface area (Å²) in [6, 6.07) is 26.0. The van der Waals surface area contributed by atoms with E-state index in [0.717, 1.165) is 22.3 Å². The van der Waals surface area contributed by atoms with Gasteiger partial charge in [0.25, 0.3) is 0 Å². The molecule has 3 nitrogen and oxygen atoms in total. The first kappa shape index (κ1) is 19.5. The highest BCUT2D eigenvalue weighted by Gasteiger charge is 2.55. The molecule has 2 amide bonds. The molecule has 3 aromatic carbocycles. The van der Waals surface area contributed by atoms with Gasteiger partial charge >= 0.3 is 0 Å². The number of carbonyl (C=O) groups is 2. The van der Waals surface area contributed by atoms with Gasteiger partial charge in [-0.2, -0.15) is 0 Å². The Morgan fingerprint density at radius 2 is 1.03 bits per heavy atom. The number of fused-ring (bicyclic) bond motifs is 1. The zero-order valence-corrected chi connectivity index (χ0v) is 17.7. The molecule has 1 aliphatic heterocycles. The fourth-order valence-electron chi connectivity index (χ4n) is 5.27. The van der Waals surface area contributed by atoms with Crippen LogP contribution in [0.15, 0.2) is 91.0 Å². The van der Waals surface area contributed by atoms with Gasteiger partial charge in [0.05, 0.1) is 17.5 Å². The van der Waals surface area contributed by atoms with Gasteiger partial charge in [0.2, 0.25) is 11.8 Å². The molecule has 3 heteroatoms. The van der Waals surface area contributed by atoms with Crippen LogP contribution in [0.2, 0.25) is 0 Å². The first-order chi connectivity index (χ1) is 15.0. The molecular formula is C28H25NO2. The quantitative estimate of drug-likeness (QED) is 0.422. The lowest BCUT2D eigenvalue weighted by molar-refractivity contribution is -0.122. The van der Waals surface area contributed by atoms with Crippen molar-refractivity contribution in [3.63, 3.8) is 0 Å². The number of allylic oxidation sites excluding steroid dienone is 2. The third kappa shape index (κ3) is 3.31. The molecule has 3 aromatic rings. The second-order valence-electron chi connectivity index (χ2n) is 8.67. The minimum absolute atomic E-state index is 0.0980. The van der Waals surface area contributed by atoms with Crippen LogP contribution in [0.3, 0.4) is 0 Å². The average Bonchev–Trinajstić information content (AvgIpc) is 3.04. The molecule has 154 valence electrons. The number of benzene rings is 3. The van der Waals surface area contributed by atoms with E-state index in [2.05, 4.69) is 18.2 Å². The van der Waals surface area contributed by atoms with Gasteiger partial charge < -0.3 is 0 Å². The van der Waals surface area contributed by atoms with Gasteiger partial charge in [-0.1, -0.05) is 78.9 Å². The van der Waals surface area contributed by atoms with Gasteiger partial charge in [-0.3, -0.25) is 9.59 Å². The first-order valence-electron chi connectivity index (χ1n) is 10.8. The highest BCUT2D eigenvalue weighted by molar-refractivity contribution is 6.23. The summed E-state index contributed by atoms with van der Waals surface area (Å²) in [5, 5.41) is 0. The largest absolute Gasteiger partial charge is 0.274 e. The van der Waals surface area contributed by atoms with Gasteiger partial charge in [-0.25, -0.2) is 4.90 Å². The minimum Gasteiger partial charge on any atom is -0.274 e. The summed E-state index contributed by atoms with van der Waals surface area (Å²) in [7, 11) is 0. The fraction of sp³-hybridized carbons (Fsp3) is 0.214. The summed E-state index contributed by atoms with van der Waals surface area (Å²) < 4.78 is 0. The van der Waals surface area contributed by atoms with E-state index in [9.17, 15) is 9.59 Å². The Bertz CT molecular complexity index is 1080. The number of hydrogen-bond acceptors (Lipinski definition) is 2. The summed E-state index contributed by atoms with van der Waals surface area (Å²) in [4.78, 5) is 29.0. The Balaban J connectivity index is 1.64. The standard InChI is InChI=1S/C28H25NO2/c1-18-15-19(2)17-22(16-18)29-27(30)25-23(20-9-5-3-6-10-20)13-14-24(26(25)28(29)31)21-11-7-4-8-12-21/h3-17,23-26H,1-2H3/t23-,24+,25+,26-. The summed E-state index contributed by atoms with van der Waals surface area (Å²) >= 11 is 0. The zero-order chi connectivity index (χ0) is 21.5. The molecule has 2 aliphatic rings. The lowest BCUT2D eigenvalue weighted by Crippen LogP contribution is -2.31. The Morgan fingerprint density at radius 3 is 1.45 bits per heavy atom. The minimum atomic E-state index is -0.411. The van der Waals surface area contributed by atoms with Gasteiger partial charge in [0.15, 0.2) is 0 Å². The molecule has 1 saturated heterocycles. The van der Waals surface area contributed by atoms with Crippen LogP contribution in [0.5, 0.6) is 0 Å². The molecule has 0 unspecified atom stereocenters. The van der Waals surface area contributed by atoms with Gasteiger partial charge in [-0.15, -0.1) is 0 Å². The van der Waals surface area contributed by atoms with E-state index in [-0.39, 0.29) is 23.7 Å². The van der Waals surface area contributed by atoms with Crippen molar-refractivity contribution in [2.45, 2.75) is 25.7 Å². The molecule has 31 heavy (non-hydrogen) atoms. The third-order valence-corrected chi connectivity index (χ3v) is 6.53. The highest BCUT2D eigenvalue weighted by Crippen LogP contribution is 2.50. The van der Waals surface area contributed by atoms with Crippen LogP contribution < -0.4 is 4.90 Å². The van der Waals surface area contributed by atoms with Gasteiger partial charge in [-0.05, 0) is 48.2 Å². The number of rotatable bonds is 3. The molecule has 5 rings (SSSR count). The molecule has 1 heterocycles. The third-order valence-electron chi connectivity index (χ3n) is 6.53. The molecular weight excluding hydrogens is 382 g/mol. The monoisotopic (exact) mass is 407 g/mol. The number of nitrogens with zero attached hydrogens (tertiary/aromatic N) is 1. The van der Waals surface area contributed by atoms with Crippen molar-refractivity contribution < 1.29 is 9.59 Å². The second kappa shape index (κ2) is 7.66. The molecule has 1 aliphatic carbocycles. The van der Waals surface area contributed by atoms with Crippen LogP contribution in [0.25, 0.3) is 0 Å². The Hall–Kier alpha value is -3.46. The highest BCUT2D eigenvalue weighted by atomic mass is 16.2. The van der Waals surface area contributed by atoms with Crippen molar-refractivity contribution in [2.75, 3.05) is 4.90 Å². The predicted molar refractivity (Wildman–Crippen MR) is 123 cm³/mol. The molecule has 0 bridgehead atoms. The SMILES string of the molecule is Cc1cc(C)cc(N2C(=O)[C@@H]3[C@H](C2=O)[C@H](c2ccccc2)C=C[C@@H]3c2ccccc2)c1. The number of hydrogen-bond donors (Lipinski definition) is 0. The number of imide groups is 1. The maximum absolute atomic E-state index is 13.8.